The van der Waals surface area contributed by atoms with E-state index >= 15 is 0 Å². The molecule has 3 aromatic rings. The Morgan fingerprint density at radius 1 is 0.783 bits per heavy atom. The van der Waals surface area contributed by atoms with Gasteiger partial charge in [0.25, 0.3) is 0 Å². The lowest BCUT2D eigenvalue weighted by atomic mass is 9.90. The lowest BCUT2D eigenvalue weighted by molar-refractivity contribution is -0.129. The molecule has 8 N–H and O–H groups in total. The van der Waals surface area contributed by atoms with Gasteiger partial charge in [-0.2, -0.15) is 0 Å². The predicted molar refractivity (Wildman–Crippen MR) is 177 cm³/mol. The number of rotatable bonds is 16. The Kier molecular flexibility index (Phi) is 14.6. The fraction of sp³-hybridized carbons (Fsp3) is 0.324. The summed E-state index contributed by atoms with van der Waals surface area (Å²) in [5, 5.41) is 23.2. The van der Waals surface area contributed by atoms with Gasteiger partial charge in [0.15, 0.2) is 5.96 Å². The highest BCUT2D eigenvalue weighted by Gasteiger charge is 2.27. The third kappa shape index (κ3) is 12.3. The Morgan fingerprint density at radius 3 is 2.00 bits per heavy atom. The highest BCUT2D eigenvalue weighted by atomic mass is 16.3. The smallest absolute Gasteiger partial charge is 0.321 e. The molecule has 0 aliphatic carbocycles. The Labute approximate surface area is 269 Å². The monoisotopic (exact) mass is 629 g/mol. The average molecular weight is 630 g/mol. The van der Waals surface area contributed by atoms with Crippen molar-refractivity contribution < 1.29 is 24.3 Å². The Hall–Kier alpha value is -5.39. The molecule has 244 valence electrons. The van der Waals surface area contributed by atoms with Crippen molar-refractivity contribution in [3.05, 3.63) is 102 Å². The maximum atomic E-state index is 13.8. The first kappa shape index (κ1) is 35.1. The van der Waals surface area contributed by atoms with E-state index in [0.717, 1.165) is 16.7 Å². The van der Waals surface area contributed by atoms with Crippen LogP contribution in [0, 0.1) is 0 Å². The molecule has 0 heterocycles. The molecule has 0 aliphatic rings. The molecule has 0 saturated carbocycles. The molecule has 0 unspecified atom stereocenters. The van der Waals surface area contributed by atoms with Gasteiger partial charge in [-0.3, -0.25) is 24.7 Å². The third-order valence-corrected chi connectivity index (χ3v) is 7.02. The van der Waals surface area contributed by atoms with Gasteiger partial charge in [-0.05, 0) is 48.1 Å². The summed E-state index contributed by atoms with van der Waals surface area (Å²) in [7, 11) is 0. The first-order valence-corrected chi connectivity index (χ1v) is 15.3. The summed E-state index contributed by atoms with van der Waals surface area (Å²) in [4.78, 5) is 54.7. The van der Waals surface area contributed by atoms with Crippen LogP contribution in [0.3, 0.4) is 0 Å². The van der Waals surface area contributed by atoms with Gasteiger partial charge < -0.3 is 32.1 Å². The molecule has 46 heavy (non-hydrogen) atoms. The quantitative estimate of drug-likeness (QED) is 0.0725. The molecule has 3 aromatic carbocycles. The number of carbonyl (C=O) groups excluding carboxylic acids is 4. The van der Waals surface area contributed by atoms with Crippen molar-refractivity contribution in [1.29, 1.82) is 0 Å². The molecule has 0 aliphatic heterocycles. The van der Waals surface area contributed by atoms with E-state index in [4.69, 9.17) is 5.73 Å². The molecule has 0 bridgehead atoms. The normalized spacial score (nSPS) is 11.7. The van der Waals surface area contributed by atoms with Crippen LogP contribution < -0.4 is 32.3 Å². The van der Waals surface area contributed by atoms with Crippen molar-refractivity contribution in [1.82, 2.24) is 26.6 Å². The van der Waals surface area contributed by atoms with E-state index in [9.17, 15) is 24.3 Å². The maximum Gasteiger partial charge on any atom is 0.321 e. The molecule has 0 saturated heterocycles. The van der Waals surface area contributed by atoms with E-state index < -0.39 is 18.0 Å². The highest BCUT2D eigenvalue weighted by Crippen LogP contribution is 2.25. The molecule has 12 nitrogen and oxygen atoms in total. The topological polar surface area (TPSA) is 187 Å². The van der Waals surface area contributed by atoms with Gasteiger partial charge in [-0.25, -0.2) is 4.79 Å². The fourth-order valence-corrected chi connectivity index (χ4v) is 4.57. The van der Waals surface area contributed by atoms with Crippen LogP contribution in [0.4, 0.5) is 4.79 Å². The summed E-state index contributed by atoms with van der Waals surface area (Å²) in [6, 6.07) is 23.8. The molecule has 0 aromatic heterocycles. The second-order valence-corrected chi connectivity index (χ2v) is 10.5. The molecule has 12 heteroatoms. The second-order valence-electron chi connectivity index (χ2n) is 10.5. The zero-order chi connectivity index (χ0) is 33.1. The summed E-state index contributed by atoms with van der Waals surface area (Å²) < 4.78 is 0. The molecule has 5 amide bonds. The molecule has 0 radical (unpaired) electrons. The van der Waals surface area contributed by atoms with Crippen molar-refractivity contribution in [3.8, 4) is 5.75 Å². The van der Waals surface area contributed by atoms with Crippen LogP contribution in [-0.4, -0.2) is 60.5 Å². The third-order valence-electron chi connectivity index (χ3n) is 7.02. The number of nitrogens with one attached hydrogen (secondary N) is 5. The first-order chi connectivity index (χ1) is 22.3. The summed E-state index contributed by atoms with van der Waals surface area (Å²) in [6.45, 7) is 2.97. The van der Waals surface area contributed by atoms with Crippen LogP contribution in [0.2, 0.25) is 0 Å². The minimum Gasteiger partial charge on any atom is -0.508 e. The van der Waals surface area contributed by atoms with Crippen LogP contribution in [0.5, 0.6) is 5.75 Å². The largest absolute Gasteiger partial charge is 0.508 e. The van der Waals surface area contributed by atoms with Gasteiger partial charge in [0.2, 0.25) is 17.7 Å². The van der Waals surface area contributed by atoms with Crippen LogP contribution in [-0.2, 0) is 20.9 Å². The summed E-state index contributed by atoms with van der Waals surface area (Å²) in [5.74, 6) is -1.33. The van der Waals surface area contributed by atoms with Crippen molar-refractivity contribution in [2.45, 2.75) is 51.1 Å². The number of carbonyl (C=O) groups is 4. The highest BCUT2D eigenvalue weighted by molar-refractivity contribution is 5.95. The predicted octanol–water partition coefficient (Wildman–Crippen LogP) is 2.64. The van der Waals surface area contributed by atoms with Crippen LogP contribution in [0.25, 0.3) is 0 Å². The lowest BCUT2D eigenvalue weighted by Gasteiger charge is -2.23. The molecule has 3 rings (SSSR count). The number of aromatic hydroxyl groups is 1. The van der Waals surface area contributed by atoms with Gasteiger partial charge in [0.1, 0.15) is 11.8 Å². The van der Waals surface area contributed by atoms with Gasteiger partial charge in [-0.15, -0.1) is 0 Å². The minimum absolute atomic E-state index is 0.0512. The Balaban J connectivity index is 1.61. The zero-order valence-electron chi connectivity index (χ0n) is 26.0. The van der Waals surface area contributed by atoms with Gasteiger partial charge in [0.05, 0.1) is 5.92 Å². The number of urea groups is 1. The van der Waals surface area contributed by atoms with Crippen LogP contribution >= 0.6 is 0 Å². The number of nitrogens with zero attached hydrogens (tertiary/aromatic N) is 1. The first-order valence-electron chi connectivity index (χ1n) is 15.3. The van der Waals surface area contributed by atoms with E-state index in [-0.39, 0.29) is 48.9 Å². The number of aliphatic imine (C=N–C) groups is 1. The fourth-order valence-electron chi connectivity index (χ4n) is 4.57. The molecular weight excluding hydrogens is 586 g/mol. The number of guanidine groups is 1. The van der Waals surface area contributed by atoms with E-state index in [1.165, 1.54) is 12.1 Å². The number of benzene rings is 3. The van der Waals surface area contributed by atoms with Crippen molar-refractivity contribution >= 4 is 29.7 Å². The standard InChI is InChI=1S/C34H43N7O5/c1-2-29(43)36-21-10-22-38-34(46)41-33(35)37-20-9-15-28(31(44)39-23-24-16-18-27(42)19-17-24)40-32(45)30(25-11-5-3-6-12-25)26-13-7-4-8-14-26/h3-8,11-14,16-19,28,30,42H,2,9-10,15,20-23H2,1H3,(H,36,43)(H,39,44)(H,40,45)(H4,35,37,38,41,46)/t28-/m1/s1. The molecule has 1 atom stereocenters. The molecular formula is C34H43N7O5. The van der Waals surface area contributed by atoms with Gasteiger partial charge >= 0.3 is 6.03 Å². The van der Waals surface area contributed by atoms with Crippen LogP contribution in [0.1, 0.15) is 55.2 Å². The van der Waals surface area contributed by atoms with E-state index in [1.807, 2.05) is 60.7 Å². The number of hydrogen-bond acceptors (Lipinski definition) is 6. The Morgan fingerprint density at radius 2 is 1.39 bits per heavy atom. The molecule has 0 fully saturated rings. The number of amides is 5. The number of hydrogen-bond donors (Lipinski definition) is 7. The number of phenolic OH excluding ortho intramolecular Hbond substituents is 1. The maximum absolute atomic E-state index is 13.8. The van der Waals surface area contributed by atoms with Crippen molar-refractivity contribution in [3.63, 3.8) is 0 Å². The van der Waals surface area contributed by atoms with Gasteiger partial charge in [0, 0.05) is 32.6 Å². The Bertz CT molecular complexity index is 1390. The SMILES string of the molecule is CCC(=O)NCCCNC(=O)NC(N)=NCCC[C@@H](NC(=O)C(c1ccccc1)c1ccccc1)C(=O)NCc1ccc(O)cc1. The van der Waals surface area contributed by atoms with Gasteiger partial charge in [-0.1, -0.05) is 79.7 Å². The minimum atomic E-state index is -0.875. The number of phenols is 1. The van der Waals surface area contributed by atoms with Crippen molar-refractivity contribution in [2.24, 2.45) is 10.7 Å². The molecule has 0 spiro atoms. The summed E-state index contributed by atoms with van der Waals surface area (Å²) in [6.07, 6.45) is 1.61. The van der Waals surface area contributed by atoms with E-state index in [0.29, 0.717) is 32.4 Å². The summed E-state index contributed by atoms with van der Waals surface area (Å²) >= 11 is 0. The van der Waals surface area contributed by atoms with Crippen molar-refractivity contribution in [2.75, 3.05) is 19.6 Å². The van der Waals surface area contributed by atoms with E-state index in [2.05, 4.69) is 31.6 Å². The van der Waals surface area contributed by atoms with E-state index in [1.54, 1.807) is 19.1 Å². The number of nitrogens with two attached hydrogens (primary N) is 1. The second kappa shape index (κ2) is 19.1. The average Bonchev–Trinajstić information content (AvgIpc) is 3.06. The lowest BCUT2D eigenvalue weighted by Crippen LogP contribution is -2.48. The zero-order valence-corrected chi connectivity index (χ0v) is 26.0. The summed E-state index contributed by atoms with van der Waals surface area (Å²) in [5.41, 5.74) is 8.24. The van der Waals surface area contributed by atoms with Crippen LogP contribution in [0.15, 0.2) is 89.9 Å².